The summed E-state index contributed by atoms with van der Waals surface area (Å²) in [7, 11) is 0. The highest BCUT2D eigenvalue weighted by Gasteiger charge is 2.52. The predicted molar refractivity (Wildman–Crippen MR) is 490 cm³/mol. The number of rotatable bonds is 3. The van der Waals surface area contributed by atoms with Crippen LogP contribution in [0.1, 0.15) is 157 Å². The molecule has 16 aromatic rings. The zero-order valence-corrected chi connectivity index (χ0v) is 69.6. The molecule has 114 heavy (non-hydrogen) atoms. The molecule has 0 heteroatoms. The molecule has 0 N–H and O–H groups in total. The van der Waals surface area contributed by atoms with Gasteiger partial charge in [-0.15, -0.1) is 0 Å². The molecule has 20 rings (SSSR count). The van der Waals surface area contributed by atoms with Gasteiger partial charge in [0.15, 0.2) is 0 Å². The lowest BCUT2D eigenvalue weighted by Crippen LogP contribution is -2.28. The van der Waals surface area contributed by atoms with Gasteiger partial charge < -0.3 is 0 Å². The first-order valence-electron chi connectivity index (χ1n) is 40.6. The minimum Gasteiger partial charge on any atom is -0.0622 e. The molecule has 0 heterocycles. The summed E-state index contributed by atoms with van der Waals surface area (Å²) in [6.45, 7) is 34.9. The molecule has 16 aromatic carbocycles. The van der Waals surface area contributed by atoms with Gasteiger partial charge in [-0.05, 0) is 232 Å². The zero-order valence-electron chi connectivity index (χ0n) is 69.6. The van der Waals surface area contributed by atoms with E-state index in [4.69, 9.17) is 0 Å². The standard InChI is InChI=1S/C26H18.C26H20.C17H14.C16H16.C11H16.C10H14.C8H10/c1-17-14-15-21-20-10-4-7-13-24(20)26(25(21)16-17)22-11-5-2-8-18(22)19-9-3-6-12-23(19)26;1-19-16-17-23-22-14-8-9-15-24(22)26(25(23)18-19,20-10-4-2-5-11-20)21-12-6-3-7-13-21;1-13-6-8-15(9-7-13)17-11-10-14-4-2-3-5-16(14)12-17;1-11-8-9-13-12-6-4-5-7-14(12)16(2,3)15(13)10-11;1-9-5-7-10(8-6-9)11(2,3)4;1-7-5-8(2)10(4)9(3)6-7;1-7-3-5-8(2)6-4-7/h2-16H,1H3;2-18H,1H3;2-12H,1H3;4-10H,1-3H3;5-8H,1-4H3;5-6H,1-4H3;3-6H,1-2H3. The molecule has 0 aliphatic heterocycles. The second kappa shape index (κ2) is 33.2. The largest absolute Gasteiger partial charge is 0.0725 e. The molecule has 0 unspecified atom stereocenters. The number of aryl methyl sites for hydroxylation is 10. The van der Waals surface area contributed by atoms with Crippen LogP contribution in [-0.4, -0.2) is 0 Å². The molecule has 4 aliphatic rings. The molecule has 0 atom stereocenters. The molecule has 4 aliphatic carbocycles. The molecule has 0 radical (unpaired) electrons. The summed E-state index contributed by atoms with van der Waals surface area (Å²) in [6.07, 6.45) is 0. The maximum absolute atomic E-state index is 2.40. The minimum absolute atomic E-state index is 0.151. The third-order valence-electron chi connectivity index (χ3n) is 23.8. The lowest BCUT2D eigenvalue weighted by atomic mass is 9.67. The highest BCUT2D eigenvalue weighted by Crippen LogP contribution is 2.63. The Morgan fingerprint density at radius 2 is 0.500 bits per heavy atom. The van der Waals surface area contributed by atoms with Gasteiger partial charge in [0.2, 0.25) is 0 Å². The zero-order chi connectivity index (χ0) is 80.1. The quantitative estimate of drug-likeness (QED) is 0.165. The topological polar surface area (TPSA) is 0 Å². The predicted octanol–water partition coefficient (Wildman–Crippen LogP) is 30.3. The maximum atomic E-state index is 2.40. The summed E-state index contributed by atoms with van der Waals surface area (Å²) in [5.74, 6) is 0. The Kier molecular flexibility index (Phi) is 22.9. The van der Waals surface area contributed by atoms with Gasteiger partial charge in [0.05, 0.1) is 10.8 Å². The van der Waals surface area contributed by atoms with Crippen molar-refractivity contribution >= 4 is 10.8 Å². The van der Waals surface area contributed by atoms with Crippen LogP contribution in [0.4, 0.5) is 0 Å². The molecule has 564 valence electrons. The highest BCUT2D eigenvalue weighted by molar-refractivity contribution is 5.95. The van der Waals surface area contributed by atoms with Gasteiger partial charge in [0.25, 0.3) is 0 Å². The Labute approximate surface area is 680 Å². The Morgan fingerprint density at radius 3 is 0.921 bits per heavy atom. The summed E-state index contributed by atoms with van der Waals surface area (Å²) in [5.41, 5.74) is 43.8. The number of fused-ring (bicyclic) bond motifs is 17. The van der Waals surface area contributed by atoms with Crippen molar-refractivity contribution in [2.75, 3.05) is 0 Å². The third-order valence-corrected chi connectivity index (χ3v) is 23.8. The third kappa shape index (κ3) is 15.6. The molecule has 1 spiro atoms. The maximum Gasteiger partial charge on any atom is 0.0725 e. The fourth-order valence-electron chi connectivity index (χ4n) is 17.6. The van der Waals surface area contributed by atoms with Crippen LogP contribution in [0, 0.1) is 76.2 Å². The van der Waals surface area contributed by atoms with Crippen molar-refractivity contribution in [3.63, 3.8) is 0 Å². The molecule has 0 fully saturated rings. The Morgan fingerprint density at radius 1 is 0.202 bits per heavy atom. The van der Waals surface area contributed by atoms with Crippen molar-refractivity contribution in [2.24, 2.45) is 0 Å². The monoisotopic (exact) mass is 1480 g/mol. The first-order valence-corrected chi connectivity index (χ1v) is 40.6. The molecule has 0 bridgehead atoms. The van der Waals surface area contributed by atoms with Crippen molar-refractivity contribution in [2.45, 2.75) is 132 Å². The average molecular weight is 1480 g/mol. The van der Waals surface area contributed by atoms with E-state index in [0.29, 0.717) is 0 Å². The second-order valence-corrected chi connectivity index (χ2v) is 33.5. The van der Waals surface area contributed by atoms with Crippen molar-refractivity contribution in [1.82, 2.24) is 0 Å². The van der Waals surface area contributed by atoms with Crippen LogP contribution in [0.15, 0.2) is 364 Å². The van der Waals surface area contributed by atoms with Gasteiger partial charge in [-0.1, -0.05) is 437 Å². The van der Waals surface area contributed by atoms with E-state index < -0.39 is 0 Å². The number of hydrogen-bond donors (Lipinski definition) is 0. The van der Waals surface area contributed by atoms with Crippen molar-refractivity contribution in [3.8, 4) is 55.6 Å². The second-order valence-electron chi connectivity index (χ2n) is 33.5. The molecule has 0 nitrogen and oxygen atoms in total. The van der Waals surface area contributed by atoms with Crippen molar-refractivity contribution in [3.05, 3.63) is 486 Å². The van der Waals surface area contributed by atoms with E-state index in [0.717, 1.165) is 0 Å². The average Bonchev–Trinajstić information content (AvgIpc) is 1.51. The fraction of sp³-hybridized carbons (Fsp3) is 0.175. The number of hydrogen-bond acceptors (Lipinski definition) is 0. The van der Waals surface area contributed by atoms with E-state index in [1.165, 1.54) is 189 Å². The Bertz CT molecular complexity index is 5830. The van der Waals surface area contributed by atoms with Gasteiger partial charge >= 0.3 is 0 Å². The van der Waals surface area contributed by atoms with Gasteiger partial charge in [-0.25, -0.2) is 0 Å². The normalized spacial score (nSPS) is 12.9. The fourth-order valence-corrected chi connectivity index (χ4v) is 17.6. The van der Waals surface area contributed by atoms with Crippen molar-refractivity contribution in [1.29, 1.82) is 0 Å². The summed E-state index contributed by atoms with van der Waals surface area (Å²) < 4.78 is 0. The molecule has 0 saturated heterocycles. The van der Waals surface area contributed by atoms with E-state index in [-0.39, 0.29) is 21.7 Å². The van der Waals surface area contributed by atoms with Crippen LogP contribution in [0.25, 0.3) is 66.4 Å². The van der Waals surface area contributed by atoms with Crippen LogP contribution in [0.2, 0.25) is 0 Å². The van der Waals surface area contributed by atoms with Gasteiger partial charge in [0.1, 0.15) is 0 Å². The van der Waals surface area contributed by atoms with E-state index in [9.17, 15) is 0 Å². The lowest BCUT2D eigenvalue weighted by molar-refractivity contribution is 0.590. The lowest BCUT2D eigenvalue weighted by Gasteiger charge is -2.34. The molecule has 0 aromatic heterocycles. The Hall–Kier alpha value is -12.2. The van der Waals surface area contributed by atoms with E-state index in [2.05, 4.69) is 475 Å². The SMILES string of the molecule is Cc1cc(C)c(C)c(C)c1.Cc1ccc(-c2ccc3ccccc3c2)cc1.Cc1ccc(C(C)(C)C)cc1.Cc1ccc(C)cc1.Cc1ccc2c(c1)C(C)(C)c1ccccc1-2.Cc1ccc2c(c1)C(c1ccccc1)(c1ccccc1)c1ccccc1-2.Cc1ccc2c(c1)C1(c3ccccc3-c3ccccc31)c1ccccc1-2. The Balaban J connectivity index is 0.000000114. The van der Waals surface area contributed by atoms with Crippen LogP contribution in [-0.2, 0) is 21.7 Å². The van der Waals surface area contributed by atoms with Gasteiger partial charge in [-0.2, -0.15) is 0 Å². The first-order chi connectivity index (χ1) is 55.0. The first kappa shape index (κ1) is 78.5. The van der Waals surface area contributed by atoms with E-state index >= 15 is 0 Å². The number of benzene rings is 16. The molecular formula is C114H108. The van der Waals surface area contributed by atoms with Gasteiger partial charge in [-0.3, -0.25) is 0 Å². The van der Waals surface area contributed by atoms with Gasteiger partial charge in [0, 0.05) is 5.41 Å². The molecule has 0 saturated carbocycles. The summed E-state index contributed by atoms with van der Waals surface area (Å²) in [6, 6.07) is 132. The minimum atomic E-state index is -0.263. The summed E-state index contributed by atoms with van der Waals surface area (Å²) >= 11 is 0. The van der Waals surface area contributed by atoms with Crippen LogP contribution < -0.4 is 0 Å². The summed E-state index contributed by atoms with van der Waals surface area (Å²) in [4.78, 5) is 0. The van der Waals surface area contributed by atoms with E-state index in [1.54, 1.807) is 0 Å². The van der Waals surface area contributed by atoms with E-state index in [1.807, 2.05) is 0 Å². The molecule has 0 amide bonds. The van der Waals surface area contributed by atoms with Crippen LogP contribution in [0.5, 0.6) is 0 Å². The molecular weight excluding hydrogens is 1370 g/mol. The van der Waals surface area contributed by atoms with Crippen LogP contribution in [0.3, 0.4) is 0 Å². The smallest absolute Gasteiger partial charge is 0.0622 e. The van der Waals surface area contributed by atoms with Crippen molar-refractivity contribution < 1.29 is 0 Å². The van der Waals surface area contributed by atoms with Crippen LogP contribution >= 0.6 is 0 Å². The highest BCUT2D eigenvalue weighted by atomic mass is 14.5. The summed E-state index contributed by atoms with van der Waals surface area (Å²) in [5, 5.41) is 2.59.